The molecule has 0 aromatic heterocycles. The smallest absolute Gasteiger partial charge is 0.0991 e. The quantitative estimate of drug-likeness (QED) is 0.282. The van der Waals surface area contributed by atoms with Crippen LogP contribution in [-0.4, -0.2) is 49.1 Å². The van der Waals surface area contributed by atoms with Crippen LogP contribution in [0.2, 0.25) is 0 Å². The number of unbranched alkanes of at least 4 members (excludes halogenated alkanes) is 1. The second-order valence-electron chi connectivity index (χ2n) is 8.91. The molecule has 0 spiro atoms. The molecular weight excluding hydrogens is 404 g/mol. The van der Waals surface area contributed by atoms with Crippen molar-refractivity contribution in [1.82, 2.24) is 9.80 Å². The van der Waals surface area contributed by atoms with Gasteiger partial charge in [-0.15, -0.1) is 0 Å². The summed E-state index contributed by atoms with van der Waals surface area (Å²) in [5, 5.41) is 9.10. The molecule has 2 aromatic rings. The normalized spacial score (nSPS) is 11.2. The minimum Gasteiger partial charge on any atom is -0.372 e. The van der Waals surface area contributed by atoms with Crippen LogP contribution in [-0.2, 0) is 13.1 Å². The van der Waals surface area contributed by atoms with Crippen molar-refractivity contribution in [2.24, 2.45) is 0 Å². The predicted molar refractivity (Wildman–Crippen MR) is 142 cm³/mol. The average Bonchev–Trinajstić information content (AvgIpc) is 2.84. The molecule has 180 valence electrons. The average molecular weight is 449 g/mol. The number of rotatable bonds is 16. The number of nitrogens with zero attached hydrogens (tertiary/aromatic N) is 4. The van der Waals surface area contributed by atoms with Crippen LogP contribution in [0.25, 0.3) is 0 Å². The summed E-state index contributed by atoms with van der Waals surface area (Å²) in [6.07, 6.45) is 4.91. The van der Waals surface area contributed by atoms with E-state index in [-0.39, 0.29) is 0 Å². The fourth-order valence-corrected chi connectivity index (χ4v) is 4.45. The Kier molecular flexibility index (Phi) is 12.6. The summed E-state index contributed by atoms with van der Waals surface area (Å²) < 4.78 is 0. The Morgan fingerprint density at radius 1 is 0.636 bits per heavy atom. The third-order valence-corrected chi connectivity index (χ3v) is 6.24. The van der Waals surface area contributed by atoms with Crippen molar-refractivity contribution in [1.29, 1.82) is 5.26 Å². The molecule has 0 amide bonds. The van der Waals surface area contributed by atoms with Gasteiger partial charge in [0.05, 0.1) is 11.6 Å². The fourth-order valence-electron chi connectivity index (χ4n) is 4.45. The number of hydrogen-bond donors (Lipinski definition) is 0. The molecule has 0 aliphatic carbocycles. The molecule has 0 heterocycles. The lowest BCUT2D eigenvalue weighted by molar-refractivity contribution is 0.231. The number of anilines is 1. The molecule has 0 saturated carbocycles. The molecule has 0 unspecified atom stereocenters. The van der Waals surface area contributed by atoms with Crippen molar-refractivity contribution in [2.75, 3.05) is 44.2 Å². The van der Waals surface area contributed by atoms with E-state index in [1.807, 2.05) is 12.1 Å². The standard InChI is InChI=1S/C29H44N4/c1-5-19-31(20-6-2)21-9-10-22-32(24-27-13-11-26(23-30)12-14-27)25-28-15-17-29(18-16-28)33(7-3)8-4/h11-18H,5-10,19-22,24-25H2,1-4H3. The van der Waals surface area contributed by atoms with E-state index in [9.17, 15) is 0 Å². The lowest BCUT2D eigenvalue weighted by Crippen LogP contribution is -2.28. The van der Waals surface area contributed by atoms with E-state index in [2.05, 4.69) is 84.9 Å². The van der Waals surface area contributed by atoms with Crippen LogP contribution in [0, 0.1) is 11.3 Å². The molecule has 0 N–H and O–H groups in total. The minimum absolute atomic E-state index is 0.726. The molecule has 33 heavy (non-hydrogen) atoms. The summed E-state index contributed by atoms with van der Waals surface area (Å²) in [5.41, 5.74) is 4.66. The van der Waals surface area contributed by atoms with E-state index in [4.69, 9.17) is 5.26 Å². The number of benzene rings is 2. The van der Waals surface area contributed by atoms with Crippen molar-refractivity contribution in [3.8, 4) is 6.07 Å². The molecule has 0 atom stereocenters. The van der Waals surface area contributed by atoms with Crippen LogP contribution in [0.4, 0.5) is 5.69 Å². The molecule has 2 aromatic carbocycles. The Bertz CT molecular complexity index is 797. The Morgan fingerprint density at radius 2 is 1.12 bits per heavy atom. The second kappa shape index (κ2) is 15.5. The van der Waals surface area contributed by atoms with Gasteiger partial charge in [-0.2, -0.15) is 5.26 Å². The molecule has 0 bridgehead atoms. The summed E-state index contributed by atoms with van der Waals surface area (Å²) in [6, 6.07) is 19.4. The van der Waals surface area contributed by atoms with Crippen molar-refractivity contribution in [3.63, 3.8) is 0 Å². The topological polar surface area (TPSA) is 33.5 Å². The van der Waals surface area contributed by atoms with Crippen LogP contribution < -0.4 is 4.90 Å². The summed E-state index contributed by atoms with van der Waals surface area (Å²) in [6.45, 7) is 17.6. The van der Waals surface area contributed by atoms with Gasteiger partial charge >= 0.3 is 0 Å². The van der Waals surface area contributed by atoms with Crippen molar-refractivity contribution < 1.29 is 0 Å². The van der Waals surface area contributed by atoms with Crippen LogP contribution in [0.3, 0.4) is 0 Å². The second-order valence-corrected chi connectivity index (χ2v) is 8.91. The van der Waals surface area contributed by atoms with Crippen LogP contribution >= 0.6 is 0 Å². The van der Waals surface area contributed by atoms with Crippen LogP contribution in [0.15, 0.2) is 48.5 Å². The molecule has 4 nitrogen and oxygen atoms in total. The van der Waals surface area contributed by atoms with Gasteiger partial charge in [0.1, 0.15) is 0 Å². The lowest BCUT2D eigenvalue weighted by atomic mass is 10.1. The maximum Gasteiger partial charge on any atom is 0.0991 e. The maximum absolute atomic E-state index is 9.10. The zero-order chi connectivity index (χ0) is 23.9. The first kappa shape index (κ1) is 26.9. The maximum atomic E-state index is 9.10. The first-order valence-corrected chi connectivity index (χ1v) is 12.9. The summed E-state index contributed by atoms with van der Waals surface area (Å²) >= 11 is 0. The molecule has 0 fully saturated rings. The summed E-state index contributed by atoms with van der Waals surface area (Å²) in [4.78, 5) is 7.55. The highest BCUT2D eigenvalue weighted by Gasteiger charge is 2.10. The lowest BCUT2D eigenvalue weighted by Gasteiger charge is -2.25. The van der Waals surface area contributed by atoms with Crippen LogP contribution in [0.5, 0.6) is 0 Å². The van der Waals surface area contributed by atoms with Crippen molar-refractivity contribution >= 4 is 5.69 Å². The van der Waals surface area contributed by atoms with Gasteiger partial charge in [-0.3, -0.25) is 4.90 Å². The van der Waals surface area contributed by atoms with Gasteiger partial charge in [0.15, 0.2) is 0 Å². The number of nitriles is 1. The largest absolute Gasteiger partial charge is 0.372 e. The first-order valence-electron chi connectivity index (χ1n) is 12.9. The minimum atomic E-state index is 0.726. The van der Waals surface area contributed by atoms with E-state index < -0.39 is 0 Å². The van der Waals surface area contributed by atoms with Gasteiger partial charge in [-0.05, 0) is 101 Å². The number of hydrogen-bond acceptors (Lipinski definition) is 4. The van der Waals surface area contributed by atoms with Gasteiger partial charge in [0, 0.05) is 31.9 Å². The highest BCUT2D eigenvalue weighted by molar-refractivity contribution is 5.47. The molecule has 4 heteroatoms. The van der Waals surface area contributed by atoms with Crippen LogP contribution in [0.1, 0.15) is 70.1 Å². The highest BCUT2D eigenvalue weighted by Crippen LogP contribution is 2.18. The van der Waals surface area contributed by atoms with E-state index in [1.165, 1.54) is 62.1 Å². The molecule has 0 aliphatic heterocycles. The van der Waals surface area contributed by atoms with Gasteiger partial charge in [0.2, 0.25) is 0 Å². The monoisotopic (exact) mass is 448 g/mol. The first-order chi connectivity index (χ1) is 16.1. The zero-order valence-electron chi connectivity index (χ0n) is 21.4. The van der Waals surface area contributed by atoms with Crippen molar-refractivity contribution in [2.45, 2.75) is 66.5 Å². The summed E-state index contributed by atoms with van der Waals surface area (Å²) in [7, 11) is 0. The molecule has 0 aliphatic rings. The molecule has 0 saturated heterocycles. The third-order valence-electron chi connectivity index (χ3n) is 6.24. The van der Waals surface area contributed by atoms with Crippen molar-refractivity contribution in [3.05, 3.63) is 65.2 Å². The zero-order valence-corrected chi connectivity index (χ0v) is 21.4. The summed E-state index contributed by atoms with van der Waals surface area (Å²) in [5.74, 6) is 0. The van der Waals surface area contributed by atoms with Gasteiger partial charge in [-0.1, -0.05) is 38.1 Å². The van der Waals surface area contributed by atoms with Gasteiger partial charge in [0.25, 0.3) is 0 Å². The Balaban J connectivity index is 2.01. The van der Waals surface area contributed by atoms with E-state index >= 15 is 0 Å². The van der Waals surface area contributed by atoms with E-state index in [1.54, 1.807) is 0 Å². The Hall–Kier alpha value is -2.35. The van der Waals surface area contributed by atoms with E-state index in [0.29, 0.717) is 0 Å². The molecule has 0 radical (unpaired) electrons. The molecule has 2 rings (SSSR count). The SMILES string of the molecule is CCCN(CCC)CCCCN(Cc1ccc(C#N)cc1)Cc1ccc(N(CC)CC)cc1. The fraction of sp³-hybridized carbons (Fsp3) is 0.552. The Morgan fingerprint density at radius 3 is 1.58 bits per heavy atom. The van der Waals surface area contributed by atoms with Gasteiger partial charge < -0.3 is 9.80 Å². The Labute approximate surface area is 202 Å². The third kappa shape index (κ3) is 9.58. The predicted octanol–water partition coefficient (Wildman–Crippen LogP) is 6.31. The molecular formula is C29H44N4. The van der Waals surface area contributed by atoms with E-state index in [0.717, 1.165) is 38.3 Å². The highest BCUT2D eigenvalue weighted by atomic mass is 15.1. The van der Waals surface area contributed by atoms with Gasteiger partial charge in [-0.25, -0.2) is 0 Å².